The van der Waals surface area contributed by atoms with Crippen molar-refractivity contribution in [3.05, 3.63) is 61.6 Å². The van der Waals surface area contributed by atoms with Gasteiger partial charge in [0.2, 0.25) is 5.75 Å². The van der Waals surface area contributed by atoms with E-state index in [9.17, 15) is 15.2 Å². The number of halogens is 2. The molecule has 1 N–H and O–H groups in total. The summed E-state index contributed by atoms with van der Waals surface area (Å²) < 4.78 is 6.19. The fourth-order valence-corrected chi connectivity index (χ4v) is 2.61. The van der Waals surface area contributed by atoms with Gasteiger partial charge in [0.15, 0.2) is 0 Å². The lowest BCUT2D eigenvalue weighted by atomic mass is 10.1. The minimum atomic E-state index is -0.627. The molecule has 1 atom stereocenters. The average molecular weight is 373 g/mol. The van der Waals surface area contributed by atoms with Crippen LogP contribution in [0, 0.1) is 10.1 Å². The highest BCUT2D eigenvalue weighted by Crippen LogP contribution is 2.35. The zero-order valence-corrected chi connectivity index (χ0v) is 13.3. The summed E-state index contributed by atoms with van der Waals surface area (Å²) in [5, 5.41) is 20.8. The van der Waals surface area contributed by atoms with E-state index in [1.165, 1.54) is 18.2 Å². The molecule has 0 saturated heterocycles. The van der Waals surface area contributed by atoms with Crippen molar-refractivity contribution in [2.75, 3.05) is 0 Å². The SMILES string of the molecule is C[C@H](O)c1ccc(Oc2ccc(Cl)cc2[N+](=O)[O-])cc1Br. The van der Waals surface area contributed by atoms with Gasteiger partial charge in [-0.2, -0.15) is 0 Å². The first-order valence-corrected chi connectivity index (χ1v) is 7.15. The fourth-order valence-electron chi connectivity index (χ4n) is 1.76. The molecule has 2 aromatic rings. The molecule has 0 bridgehead atoms. The molecule has 0 aromatic heterocycles. The highest BCUT2D eigenvalue weighted by Gasteiger charge is 2.17. The van der Waals surface area contributed by atoms with Crippen LogP contribution in [0.1, 0.15) is 18.6 Å². The van der Waals surface area contributed by atoms with Gasteiger partial charge in [-0.1, -0.05) is 33.6 Å². The van der Waals surface area contributed by atoms with Gasteiger partial charge < -0.3 is 9.84 Å². The Kier molecular flexibility index (Phi) is 4.82. The van der Waals surface area contributed by atoms with Crippen LogP contribution in [0.5, 0.6) is 11.5 Å². The largest absolute Gasteiger partial charge is 0.450 e. The molecule has 0 amide bonds. The van der Waals surface area contributed by atoms with Crippen molar-refractivity contribution in [3.63, 3.8) is 0 Å². The van der Waals surface area contributed by atoms with Crippen LogP contribution in [-0.2, 0) is 0 Å². The van der Waals surface area contributed by atoms with Crippen molar-refractivity contribution in [2.45, 2.75) is 13.0 Å². The number of nitro groups is 1. The van der Waals surface area contributed by atoms with Crippen molar-refractivity contribution in [1.29, 1.82) is 0 Å². The third-order valence-corrected chi connectivity index (χ3v) is 3.69. The fraction of sp³-hybridized carbons (Fsp3) is 0.143. The van der Waals surface area contributed by atoms with Crippen LogP contribution in [0.15, 0.2) is 40.9 Å². The van der Waals surface area contributed by atoms with Gasteiger partial charge in [-0.25, -0.2) is 0 Å². The van der Waals surface area contributed by atoms with Gasteiger partial charge in [-0.3, -0.25) is 10.1 Å². The summed E-state index contributed by atoms with van der Waals surface area (Å²) >= 11 is 9.07. The second-order valence-electron chi connectivity index (χ2n) is 4.33. The van der Waals surface area contributed by atoms with Crippen molar-refractivity contribution in [3.8, 4) is 11.5 Å². The molecule has 0 aliphatic rings. The van der Waals surface area contributed by atoms with Gasteiger partial charge >= 0.3 is 5.69 Å². The summed E-state index contributed by atoms with van der Waals surface area (Å²) in [5.74, 6) is 0.512. The molecule has 7 heteroatoms. The summed E-state index contributed by atoms with van der Waals surface area (Å²) in [7, 11) is 0. The first-order chi connectivity index (χ1) is 9.88. The third-order valence-electron chi connectivity index (χ3n) is 2.77. The molecule has 5 nitrogen and oxygen atoms in total. The molecular weight excluding hydrogens is 362 g/mol. The van der Waals surface area contributed by atoms with Crippen LogP contribution in [0.2, 0.25) is 5.02 Å². The Morgan fingerprint density at radius 2 is 2.05 bits per heavy atom. The Labute approximate surface area is 134 Å². The number of hydrogen-bond donors (Lipinski definition) is 1. The molecule has 21 heavy (non-hydrogen) atoms. The van der Waals surface area contributed by atoms with E-state index in [1.54, 1.807) is 25.1 Å². The zero-order chi connectivity index (χ0) is 15.6. The first-order valence-electron chi connectivity index (χ1n) is 5.98. The number of aliphatic hydroxyl groups is 1. The topological polar surface area (TPSA) is 72.6 Å². The average Bonchev–Trinajstić information content (AvgIpc) is 2.40. The van der Waals surface area contributed by atoms with E-state index in [-0.39, 0.29) is 16.5 Å². The smallest absolute Gasteiger partial charge is 0.313 e. The summed E-state index contributed by atoms with van der Waals surface area (Å²) in [6.45, 7) is 1.64. The summed E-state index contributed by atoms with van der Waals surface area (Å²) in [5.41, 5.74) is 0.492. The Morgan fingerprint density at radius 1 is 1.33 bits per heavy atom. The van der Waals surface area contributed by atoms with Gasteiger partial charge in [0.05, 0.1) is 11.0 Å². The monoisotopic (exact) mass is 371 g/mol. The van der Waals surface area contributed by atoms with Gasteiger partial charge in [-0.15, -0.1) is 0 Å². The molecule has 0 heterocycles. The van der Waals surface area contributed by atoms with Crippen LogP contribution in [0.3, 0.4) is 0 Å². The quantitative estimate of drug-likeness (QED) is 0.614. The summed E-state index contributed by atoms with van der Waals surface area (Å²) in [4.78, 5) is 10.4. The number of aliphatic hydroxyl groups excluding tert-OH is 1. The standard InChI is InChI=1S/C14H11BrClNO4/c1-8(18)11-4-3-10(7-12(11)15)21-14-5-2-9(16)6-13(14)17(19)20/h2-8,18H,1H3/t8-/m0/s1. The van der Waals surface area contributed by atoms with Crippen LogP contribution in [0.25, 0.3) is 0 Å². The number of hydrogen-bond acceptors (Lipinski definition) is 4. The molecule has 2 aromatic carbocycles. The van der Waals surface area contributed by atoms with Gasteiger partial charge in [0.25, 0.3) is 0 Å². The summed E-state index contributed by atoms with van der Waals surface area (Å²) in [6, 6.07) is 9.15. The number of ether oxygens (including phenoxy) is 1. The van der Waals surface area contributed by atoms with E-state index in [4.69, 9.17) is 16.3 Å². The molecule has 0 aliphatic carbocycles. The van der Waals surface area contributed by atoms with Crippen molar-refractivity contribution < 1.29 is 14.8 Å². The molecule has 0 fully saturated rings. The first kappa shape index (κ1) is 15.8. The van der Waals surface area contributed by atoms with Gasteiger partial charge in [0, 0.05) is 15.6 Å². The van der Waals surface area contributed by atoms with Gasteiger partial charge in [-0.05, 0) is 36.8 Å². The van der Waals surface area contributed by atoms with E-state index >= 15 is 0 Å². The predicted octanol–water partition coefficient (Wildman–Crippen LogP) is 4.86. The molecular formula is C14H11BrClNO4. The molecule has 0 aliphatic heterocycles. The lowest BCUT2D eigenvalue weighted by Crippen LogP contribution is -1.95. The van der Waals surface area contributed by atoms with E-state index in [1.807, 2.05) is 0 Å². The van der Waals surface area contributed by atoms with E-state index in [0.29, 0.717) is 15.8 Å². The maximum absolute atomic E-state index is 11.0. The number of rotatable bonds is 4. The minimum Gasteiger partial charge on any atom is -0.450 e. The van der Waals surface area contributed by atoms with Crippen LogP contribution < -0.4 is 4.74 Å². The maximum Gasteiger partial charge on any atom is 0.313 e. The lowest BCUT2D eigenvalue weighted by molar-refractivity contribution is -0.385. The molecule has 0 unspecified atom stereocenters. The Morgan fingerprint density at radius 3 is 2.62 bits per heavy atom. The second kappa shape index (κ2) is 6.43. The van der Waals surface area contributed by atoms with E-state index in [2.05, 4.69) is 15.9 Å². The van der Waals surface area contributed by atoms with Crippen molar-refractivity contribution in [1.82, 2.24) is 0 Å². The Hall–Kier alpha value is -1.63. The maximum atomic E-state index is 11.0. The number of nitrogens with zero attached hydrogens (tertiary/aromatic N) is 1. The van der Waals surface area contributed by atoms with Crippen LogP contribution in [-0.4, -0.2) is 10.0 Å². The molecule has 2 rings (SSSR count). The van der Waals surface area contributed by atoms with Crippen molar-refractivity contribution >= 4 is 33.2 Å². The third kappa shape index (κ3) is 3.72. The van der Waals surface area contributed by atoms with Gasteiger partial charge in [0.1, 0.15) is 5.75 Å². The highest BCUT2D eigenvalue weighted by atomic mass is 79.9. The molecule has 0 spiro atoms. The van der Waals surface area contributed by atoms with Crippen molar-refractivity contribution in [2.24, 2.45) is 0 Å². The molecule has 0 saturated carbocycles. The molecule has 110 valence electrons. The normalized spacial score (nSPS) is 12.0. The number of nitro benzene ring substituents is 1. The summed E-state index contributed by atoms with van der Waals surface area (Å²) in [6.07, 6.45) is -0.627. The number of benzene rings is 2. The Balaban J connectivity index is 2.35. The lowest BCUT2D eigenvalue weighted by Gasteiger charge is -2.11. The molecule has 0 radical (unpaired) electrons. The van der Waals surface area contributed by atoms with E-state index < -0.39 is 11.0 Å². The highest BCUT2D eigenvalue weighted by molar-refractivity contribution is 9.10. The minimum absolute atomic E-state index is 0.0982. The Bertz CT molecular complexity index is 691. The second-order valence-corrected chi connectivity index (χ2v) is 5.62. The zero-order valence-electron chi connectivity index (χ0n) is 10.9. The van der Waals surface area contributed by atoms with Crippen LogP contribution >= 0.6 is 27.5 Å². The van der Waals surface area contributed by atoms with Crippen LogP contribution in [0.4, 0.5) is 5.69 Å². The van der Waals surface area contributed by atoms with E-state index in [0.717, 1.165) is 0 Å². The predicted molar refractivity (Wildman–Crippen MR) is 83.0 cm³/mol.